The number of aryl methyl sites for hydroxylation is 2. The summed E-state index contributed by atoms with van der Waals surface area (Å²) in [6, 6.07) is 17.7. The average Bonchev–Trinajstić information content (AvgIpc) is 3.02. The van der Waals surface area contributed by atoms with Crippen LogP contribution in [-0.2, 0) is 32.3 Å². The number of rotatable bonds is 6. The van der Waals surface area contributed by atoms with Crippen LogP contribution in [0.5, 0.6) is 5.75 Å². The summed E-state index contributed by atoms with van der Waals surface area (Å²) in [4.78, 5) is 4.47. The van der Waals surface area contributed by atoms with E-state index in [0.29, 0.717) is 6.61 Å². The lowest BCUT2D eigenvalue weighted by Gasteiger charge is -2.15. The number of nitrogens with one attached hydrogen (secondary N) is 1. The molecule has 0 bridgehead atoms. The van der Waals surface area contributed by atoms with Crippen molar-refractivity contribution in [1.29, 1.82) is 0 Å². The summed E-state index contributed by atoms with van der Waals surface area (Å²) in [7, 11) is 0. The number of ether oxygens (including phenoxy) is 1. The van der Waals surface area contributed by atoms with Crippen LogP contribution in [-0.4, -0.2) is 18.1 Å². The van der Waals surface area contributed by atoms with E-state index in [0.717, 1.165) is 50.2 Å². The number of aromatic nitrogens is 1. The Labute approximate surface area is 174 Å². The highest BCUT2D eigenvalue weighted by molar-refractivity contribution is 5.72. The summed E-state index contributed by atoms with van der Waals surface area (Å²) in [5, 5.41) is 3.50. The molecule has 0 aliphatic carbocycles. The third-order valence-electron chi connectivity index (χ3n) is 5.78. The molecule has 1 aromatic heterocycles. The molecule has 2 aromatic carbocycles. The van der Waals surface area contributed by atoms with E-state index in [1.165, 1.54) is 33.4 Å². The zero-order valence-corrected chi connectivity index (χ0v) is 17.5. The monoisotopic (exact) mass is 386 g/mol. The van der Waals surface area contributed by atoms with Crippen LogP contribution in [0, 0.1) is 0 Å². The first kappa shape index (κ1) is 19.7. The molecule has 1 aliphatic rings. The second-order valence-corrected chi connectivity index (χ2v) is 7.72. The molecule has 0 fully saturated rings. The first-order valence-corrected chi connectivity index (χ1v) is 10.8. The first-order valence-electron chi connectivity index (χ1n) is 10.8. The van der Waals surface area contributed by atoms with Gasteiger partial charge < -0.3 is 10.1 Å². The topological polar surface area (TPSA) is 34.1 Å². The predicted octanol–water partition coefficient (Wildman–Crippen LogP) is 5.14. The molecule has 3 aromatic rings. The van der Waals surface area contributed by atoms with Crippen molar-refractivity contribution in [2.45, 2.75) is 46.1 Å². The maximum absolute atomic E-state index is 6.27. The van der Waals surface area contributed by atoms with Crippen molar-refractivity contribution in [2.24, 2.45) is 0 Å². The van der Waals surface area contributed by atoms with Crippen LogP contribution < -0.4 is 10.1 Å². The molecule has 29 heavy (non-hydrogen) atoms. The zero-order valence-electron chi connectivity index (χ0n) is 17.5. The molecule has 0 amide bonds. The maximum atomic E-state index is 6.27. The fourth-order valence-corrected chi connectivity index (χ4v) is 3.97. The molecule has 0 unspecified atom stereocenters. The van der Waals surface area contributed by atoms with Crippen molar-refractivity contribution in [2.75, 3.05) is 13.1 Å². The second kappa shape index (κ2) is 9.23. The average molecular weight is 387 g/mol. The molecule has 0 atom stereocenters. The minimum absolute atomic E-state index is 0.487. The van der Waals surface area contributed by atoms with Gasteiger partial charge in [-0.3, -0.25) is 4.98 Å². The molecule has 4 rings (SSSR count). The third kappa shape index (κ3) is 4.68. The summed E-state index contributed by atoms with van der Waals surface area (Å²) in [6.45, 7) is 6.96. The molecular weight excluding hydrogens is 356 g/mol. The summed E-state index contributed by atoms with van der Waals surface area (Å²) in [6.07, 6.45) is 6.09. The minimum Gasteiger partial charge on any atom is -0.487 e. The van der Waals surface area contributed by atoms with E-state index in [1.807, 2.05) is 6.20 Å². The summed E-state index contributed by atoms with van der Waals surface area (Å²) in [5.41, 5.74) is 8.94. The van der Waals surface area contributed by atoms with Crippen molar-refractivity contribution in [3.63, 3.8) is 0 Å². The number of fused-ring (bicyclic) bond motifs is 1. The minimum atomic E-state index is 0.487. The van der Waals surface area contributed by atoms with Crippen LogP contribution in [0.2, 0.25) is 0 Å². The van der Waals surface area contributed by atoms with Crippen molar-refractivity contribution < 1.29 is 4.74 Å². The molecule has 1 N–H and O–H groups in total. The third-order valence-corrected chi connectivity index (χ3v) is 5.78. The van der Waals surface area contributed by atoms with Crippen LogP contribution in [0.25, 0.3) is 11.1 Å². The molecule has 3 nitrogen and oxygen atoms in total. The van der Waals surface area contributed by atoms with Gasteiger partial charge in [-0.05, 0) is 90.9 Å². The van der Waals surface area contributed by atoms with Gasteiger partial charge in [0.1, 0.15) is 12.4 Å². The zero-order chi connectivity index (χ0) is 20.1. The van der Waals surface area contributed by atoms with Gasteiger partial charge in [-0.2, -0.15) is 0 Å². The Kier molecular flexibility index (Phi) is 6.26. The Hall–Kier alpha value is -2.65. The molecule has 2 heterocycles. The fraction of sp³-hybridized carbons (Fsp3) is 0.346. The Morgan fingerprint density at radius 1 is 0.862 bits per heavy atom. The molecule has 3 heteroatoms. The SMILES string of the molecule is CCc1ccnc(COc2ccc(CC)cc2-c2ccc3c(c2)CCNCC3)c1. The summed E-state index contributed by atoms with van der Waals surface area (Å²) < 4.78 is 6.27. The van der Waals surface area contributed by atoms with Crippen molar-refractivity contribution in [3.05, 3.63) is 82.7 Å². The predicted molar refractivity (Wildman–Crippen MR) is 119 cm³/mol. The van der Waals surface area contributed by atoms with E-state index >= 15 is 0 Å². The maximum Gasteiger partial charge on any atom is 0.130 e. The molecule has 0 saturated carbocycles. The van der Waals surface area contributed by atoms with E-state index in [1.54, 1.807) is 0 Å². The molecule has 0 radical (unpaired) electrons. The Morgan fingerprint density at radius 3 is 2.48 bits per heavy atom. The summed E-state index contributed by atoms with van der Waals surface area (Å²) >= 11 is 0. The van der Waals surface area contributed by atoms with Gasteiger partial charge in [0.15, 0.2) is 0 Å². The van der Waals surface area contributed by atoms with E-state index in [-0.39, 0.29) is 0 Å². The number of hydrogen-bond donors (Lipinski definition) is 1. The van der Waals surface area contributed by atoms with Crippen molar-refractivity contribution in [1.82, 2.24) is 10.3 Å². The van der Waals surface area contributed by atoms with Gasteiger partial charge in [-0.1, -0.05) is 38.1 Å². The lowest BCUT2D eigenvalue weighted by atomic mass is 9.95. The smallest absolute Gasteiger partial charge is 0.130 e. The van der Waals surface area contributed by atoms with Crippen molar-refractivity contribution >= 4 is 0 Å². The standard InChI is InChI=1S/C26H30N2O/c1-3-19-5-8-26(29-18-24-15-20(4-2)9-14-28-24)25(16-19)23-7-6-21-10-12-27-13-11-22(21)17-23/h5-9,14-17,27H,3-4,10-13,18H2,1-2H3. The largest absolute Gasteiger partial charge is 0.487 e. The molecule has 1 aliphatic heterocycles. The number of nitrogens with zero attached hydrogens (tertiary/aromatic N) is 1. The Morgan fingerprint density at radius 2 is 1.66 bits per heavy atom. The lowest BCUT2D eigenvalue weighted by Crippen LogP contribution is -2.16. The van der Waals surface area contributed by atoms with Gasteiger partial charge in [0, 0.05) is 11.8 Å². The molecule has 150 valence electrons. The van der Waals surface area contributed by atoms with Gasteiger partial charge in [0.2, 0.25) is 0 Å². The van der Waals surface area contributed by atoms with Crippen LogP contribution in [0.1, 0.15) is 41.8 Å². The fourth-order valence-electron chi connectivity index (χ4n) is 3.97. The van der Waals surface area contributed by atoms with Crippen LogP contribution in [0.4, 0.5) is 0 Å². The van der Waals surface area contributed by atoms with Gasteiger partial charge in [-0.15, -0.1) is 0 Å². The number of hydrogen-bond acceptors (Lipinski definition) is 3. The highest BCUT2D eigenvalue weighted by Gasteiger charge is 2.13. The highest BCUT2D eigenvalue weighted by atomic mass is 16.5. The number of pyridine rings is 1. The van der Waals surface area contributed by atoms with Crippen molar-refractivity contribution in [3.8, 4) is 16.9 Å². The van der Waals surface area contributed by atoms with E-state index in [9.17, 15) is 0 Å². The highest BCUT2D eigenvalue weighted by Crippen LogP contribution is 2.33. The van der Waals surface area contributed by atoms with Gasteiger partial charge in [0.25, 0.3) is 0 Å². The van der Waals surface area contributed by atoms with Gasteiger partial charge >= 0.3 is 0 Å². The quantitative estimate of drug-likeness (QED) is 0.637. The Balaban J connectivity index is 1.64. The van der Waals surface area contributed by atoms with E-state index in [4.69, 9.17) is 4.74 Å². The van der Waals surface area contributed by atoms with Gasteiger partial charge in [-0.25, -0.2) is 0 Å². The Bertz CT molecular complexity index is 980. The van der Waals surface area contributed by atoms with Crippen LogP contribution >= 0.6 is 0 Å². The molecule has 0 spiro atoms. The molecular formula is C26H30N2O. The normalized spacial score (nSPS) is 13.6. The second-order valence-electron chi connectivity index (χ2n) is 7.72. The number of benzene rings is 2. The lowest BCUT2D eigenvalue weighted by molar-refractivity contribution is 0.302. The molecule has 0 saturated heterocycles. The van der Waals surface area contributed by atoms with Crippen LogP contribution in [0.3, 0.4) is 0 Å². The van der Waals surface area contributed by atoms with Crippen LogP contribution in [0.15, 0.2) is 54.7 Å². The summed E-state index contributed by atoms with van der Waals surface area (Å²) in [5.74, 6) is 0.928. The first-order chi connectivity index (χ1) is 14.3. The van der Waals surface area contributed by atoms with E-state index < -0.39 is 0 Å². The van der Waals surface area contributed by atoms with E-state index in [2.05, 4.69) is 72.7 Å². The van der Waals surface area contributed by atoms with Gasteiger partial charge in [0.05, 0.1) is 5.69 Å².